The maximum absolute atomic E-state index is 13.4. The van der Waals surface area contributed by atoms with Crippen molar-refractivity contribution in [1.82, 2.24) is 0 Å². The van der Waals surface area contributed by atoms with Crippen LogP contribution in [0.1, 0.15) is 88.1 Å². The van der Waals surface area contributed by atoms with Gasteiger partial charge in [0.25, 0.3) is 0 Å². The van der Waals surface area contributed by atoms with Crippen LogP contribution in [0.3, 0.4) is 0 Å². The first-order valence-electron chi connectivity index (χ1n) is 24.2. The first-order chi connectivity index (χ1) is 36.6. The van der Waals surface area contributed by atoms with E-state index in [0.717, 1.165) is 11.1 Å². The van der Waals surface area contributed by atoms with Gasteiger partial charge in [0.15, 0.2) is 20.5 Å². The SMILES string of the molecule is Cc1ccc(C)c([S+](c2ccc3c(c2)C(C)(C)c2ccccc2-3)c2cc(C)c(Sc3ccc4c(c3)C(C)(C)c3cc(C(=O)c5ccccc5)ccc3-4)cc2C)c1.FC(F)(F)C(F)(F)P(F)(F)(C(F)(F)C(F)(F)F)C(F)(F)C(F)(F)F.[F-]. The molecule has 22 heteroatoms. The molecule has 2 aliphatic carbocycles. The Labute approximate surface area is 461 Å². The van der Waals surface area contributed by atoms with E-state index < -0.39 is 42.7 Å². The van der Waals surface area contributed by atoms with Gasteiger partial charge in [0.2, 0.25) is 0 Å². The first-order valence-corrected chi connectivity index (χ1v) is 28.2. The van der Waals surface area contributed by atoms with Crippen LogP contribution in [0.25, 0.3) is 22.3 Å². The number of ketones is 1. The molecule has 0 saturated heterocycles. The number of carbonyl (C=O) groups is 1. The van der Waals surface area contributed by atoms with Gasteiger partial charge in [0, 0.05) is 42.9 Å². The first kappa shape index (κ1) is 62.7. The molecule has 9 rings (SSSR count). The van der Waals surface area contributed by atoms with E-state index in [1.165, 1.54) is 91.2 Å². The minimum Gasteiger partial charge on any atom is -1.00 e. The zero-order valence-electron chi connectivity index (χ0n) is 43.8. The van der Waals surface area contributed by atoms with E-state index in [9.17, 15) is 79.0 Å². The Morgan fingerprint density at radius 3 is 1.46 bits per heavy atom. The van der Waals surface area contributed by atoms with Crippen molar-refractivity contribution in [3.8, 4) is 22.3 Å². The Hall–Kier alpha value is -5.92. The van der Waals surface area contributed by atoms with Crippen molar-refractivity contribution in [1.29, 1.82) is 0 Å². The quantitative estimate of drug-likeness (QED) is 0.0588. The molecule has 2 aliphatic rings. The molecule has 0 heterocycles. The molecule has 0 radical (unpaired) electrons. The fraction of sp³-hybridized carbons (Fsp3) is 0.271. The summed E-state index contributed by atoms with van der Waals surface area (Å²) < 4.78 is 209. The molecule has 7 aromatic carbocycles. The number of alkyl halides is 15. The second-order valence-electron chi connectivity index (χ2n) is 20.7. The van der Waals surface area contributed by atoms with Crippen molar-refractivity contribution < 1.29 is 83.7 Å². The molecule has 81 heavy (non-hydrogen) atoms. The predicted octanol–water partition coefficient (Wildman–Crippen LogP) is 17.8. The zero-order chi connectivity index (χ0) is 59.5. The van der Waals surface area contributed by atoms with Crippen molar-refractivity contribution in [3.05, 3.63) is 195 Å². The molecule has 1 nitrogen and oxygen atoms in total. The van der Waals surface area contributed by atoms with Crippen LogP contribution in [0.5, 0.6) is 0 Å². The summed E-state index contributed by atoms with van der Waals surface area (Å²) in [5.41, 5.74) is -10.1. The zero-order valence-corrected chi connectivity index (χ0v) is 46.3. The van der Waals surface area contributed by atoms with E-state index >= 15 is 0 Å². The number of hydrogen-bond acceptors (Lipinski definition) is 2. The van der Waals surface area contributed by atoms with E-state index in [1.54, 1.807) is 0 Å². The van der Waals surface area contributed by atoms with Gasteiger partial charge in [-0.3, -0.25) is 4.79 Å². The Morgan fingerprint density at radius 1 is 0.444 bits per heavy atom. The number of benzene rings is 7. The molecule has 0 spiro atoms. The Kier molecular flexibility index (Phi) is 15.8. The van der Waals surface area contributed by atoms with Crippen LogP contribution >= 0.6 is 19.0 Å². The van der Waals surface area contributed by atoms with Crippen molar-refractivity contribution in [3.63, 3.8) is 0 Å². The van der Waals surface area contributed by atoms with E-state index in [2.05, 4.69) is 159 Å². The molecule has 0 bridgehead atoms. The maximum Gasteiger partial charge on any atom is -1.00 e. The molecular weight excluding hydrogens is 1160 g/mol. The molecule has 0 aliphatic heterocycles. The van der Waals surface area contributed by atoms with Crippen molar-refractivity contribution >= 4 is 35.7 Å². The van der Waals surface area contributed by atoms with Crippen LogP contribution in [0.4, 0.5) is 74.3 Å². The molecule has 0 fully saturated rings. The molecule has 1 atom stereocenters. The molecule has 0 N–H and O–H groups in total. The van der Waals surface area contributed by atoms with Gasteiger partial charge < -0.3 is 4.70 Å². The molecule has 432 valence electrons. The van der Waals surface area contributed by atoms with E-state index in [-0.39, 0.29) is 32.2 Å². The Bertz CT molecular complexity index is 3530. The normalized spacial score (nSPS) is 15.6. The predicted molar refractivity (Wildman–Crippen MR) is 278 cm³/mol. The average molecular weight is 1210 g/mol. The van der Waals surface area contributed by atoms with Gasteiger partial charge in [-0.05, 0) is 138 Å². The average Bonchev–Trinajstić information content (AvgIpc) is 3.11. The molecule has 1 unspecified atom stereocenters. The third-order valence-electron chi connectivity index (χ3n) is 14.7. The van der Waals surface area contributed by atoms with Crippen LogP contribution in [0, 0.1) is 27.7 Å². The summed E-state index contributed by atoms with van der Waals surface area (Å²) in [6, 6.07) is 50.8. The van der Waals surface area contributed by atoms with Gasteiger partial charge >= 0.3 is 117 Å². The van der Waals surface area contributed by atoms with Gasteiger partial charge in [-0.1, -0.05) is 124 Å². The van der Waals surface area contributed by atoms with Crippen LogP contribution in [-0.2, 0) is 21.7 Å². The summed E-state index contributed by atoms with van der Waals surface area (Å²) in [7, 11) is -13.0. The van der Waals surface area contributed by atoms with Gasteiger partial charge in [-0.2, -0.15) is 0 Å². The molecule has 7 aromatic rings. The van der Waals surface area contributed by atoms with Crippen LogP contribution in [0.2, 0.25) is 0 Å². The van der Waals surface area contributed by atoms with Crippen molar-refractivity contribution in [2.24, 2.45) is 0 Å². The number of hydrogen-bond donors (Lipinski definition) is 0. The summed E-state index contributed by atoms with van der Waals surface area (Å²) in [5.74, 6) is 0.0664. The second-order valence-corrected chi connectivity index (χ2v) is 27.3. The number of aryl methyl sites for hydroxylation is 4. The van der Waals surface area contributed by atoms with Crippen molar-refractivity contribution in [2.75, 3.05) is 0 Å². The molecule has 0 amide bonds. The topological polar surface area (TPSA) is 17.1 Å². The van der Waals surface area contributed by atoms with E-state index in [0.29, 0.717) is 0 Å². The fourth-order valence-corrected chi connectivity index (χ4v) is 16.2. The third-order valence-corrected chi connectivity index (χ3v) is 22.1. The Morgan fingerprint density at radius 2 is 0.901 bits per heavy atom. The summed E-state index contributed by atoms with van der Waals surface area (Å²) in [5, 5.41) is 0. The number of fused-ring (bicyclic) bond motifs is 6. The summed E-state index contributed by atoms with van der Waals surface area (Å²) in [4.78, 5) is 20.1. The summed E-state index contributed by atoms with van der Waals surface area (Å²) in [6.07, 6.45) is -24.9. The van der Waals surface area contributed by atoms with Gasteiger partial charge in [0.05, 0.1) is 10.9 Å². The van der Waals surface area contributed by atoms with Gasteiger partial charge in [-0.25, -0.2) is 0 Å². The van der Waals surface area contributed by atoms with Gasteiger partial charge in [-0.15, -0.1) is 0 Å². The van der Waals surface area contributed by atoms with Crippen LogP contribution in [0.15, 0.2) is 164 Å². The smallest absolute Gasteiger partial charge is 1.00 e. The van der Waals surface area contributed by atoms with Gasteiger partial charge in [0.1, 0.15) is 0 Å². The third kappa shape index (κ3) is 9.61. The monoisotopic (exact) mass is 1210 g/mol. The van der Waals surface area contributed by atoms with Crippen LogP contribution in [-0.4, -0.2) is 41.3 Å². The standard InChI is InChI=1S/C53H47OS2.C6F17P.FH/c1-32-18-19-33(2)49(26-32)56(39-22-25-43-40-16-12-13-17-44(40)52(5,6)47(43)31-39)50-28-34(3)48(27-35(50)4)55-38-21-24-42-41-23-20-37(51(54)36-14-10-9-11-15-36)29-45(41)53(7,8)46(42)30-38;7-1(8,9)4(16,17)24(22,23,5(18,19)2(10,11)12)6(20,21)3(13,14)15;/h9-31H,1-8H3;;1H/q+1;;/p-1. The largest absolute Gasteiger partial charge is 1.00 e. The summed E-state index contributed by atoms with van der Waals surface area (Å²) >= 11 is 1.85. The van der Waals surface area contributed by atoms with E-state index in [4.69, 9.17) is 0 Å². The minimum absolute atomic E-state index is 0. The second kappa shape index (κ2) is 20.5. The summed E-state index contributed by atoms with van der Waals surface area (Å²) in [6.45, 7) is 18.4. The molecular formula is C59H47F18OPS2. The fourth-order valence-electron chi connectivity index (χ4n) is 10.2. The molecule has 0 saturated carbocycles. The van der Waals surface area contributed by atoms with Crippen LogP contribution < -0.4 is 4.70 Å². The minimum atomic E-state index is -12.7. The van der Waals surface area contributed by atoms with Crippen molar-refractivity contribution in [2.45, 2.75) is 126 Å². The van der Waals surface area contributed by atoms with E-state index in [1.807, 2.05) is 48.2 Å². The Balaban J connectivity index is 0.000000322. The number of carbonyl (C=O) groups excluding carboxylic acids is 1. The molecule has 0 aromatic heterocycles. The number of rotatable bonds is 10. The maximum atomic E-state index is 13.4. The number of halogens is 18.